The molecule has 0 aliphatic heterocycles. The summed E-state index contributed by atoms with van der Waals surface area (Å²) in [6, 6.07) is 24.0. The highest BCUT2D eigenvalue weighted by molar-refractivity contribution is 5.94. The molecule has 1 heterocycles. The van der Waals surface area contributed by atoms with Gasteiger partial charge in [-0.3, -0.25) is 4.79 Å². The number of hydrogen-bond donors (Lipinski definition) is 2. The number of fused-ring (bicyclic) bond motifs is 1. The van der Waals surface area contributed by atoms with Crippen molar-refractivity contribution in [3.05, 3.63) is 90.3 Å². The highest BCUT2D eigenvalue weighted by Gasteiger charge is 2.16. The molecule has 0 bridgehead atoms. The van der Waals surface area contributed by atoms with E-state index in [1.54, 1.807) is 12.1 Å². The number of carbonyl (C=O) groups excluding carboxylic acids is 1. The highest BCUT2D eigenvalue weighted by Crippen LogP contribution is 2.19. The standard InChI is InChI=1S/C26H27N3O4/c1-2-32-21-12-14-22(15-13-21)33-18-20(30)17-29-24-11-7-6-10-23(24)28-25(29)16-27-26(31)19-8-4-3-5-9-19/h3-15,20,30H,2,16-18H2,1H3,(H,27,31). The molecule has 0 fully saturated rings. The first-order valence-electron chi connectivity index (χ1n) is 10.9. The molecule has 7 nitrogen and oxygen atoms in total. The van der Waals surface area contributed by atoms with Gasteiger partial charge < -0.3 is 24.5 Å². The maximum absolute atomic E-state index is 12.5. The second-order valence-corrected chi connectivity index (χ2v) is 7.55. The number of benzene rings is 3. The zero-order chi connectivity index (χ0) is 23.0. The Labute approximate surface area is 192 Å². The lowest BCUT2D eigenvalue weighted by atomic mass is 10.2. The van der Waals surface area contributed by atoms with Crippen LogP contribution < -0.4 is 14.8 Å². The lowest BCUT2D eigenvalue weighted by Crippen LogP contribution is -2.28. The van der Waals surface area contributed by atoms with Crippen molar-refractivity contribution in [2.24, 2.45) is 0 Å². The summed E-state index contributed by atoms with van der Waals surface area (Å²) in [5, 5.41) is 13.6. The Balaban J connectivity index is 1.43. The van der Waals surface area contributed by atoms with E-state index >= 15 is 0 Å². The van der Waals surface area contributed by atoms with Crippen molar-refractivity contribution in [1.29, 1.82) is 0 Å². The number of aliphatic hydroxyl groups excluding tert-OH is 1. The Bertz CT molecular complexity index is 1190. The average molecular weight is 446 g/mol. The average Bonchev–Trinajstić information content (AvgIpc) is 3.20. The van der Waals surface area contributed by atoms with Crippen LogP contribution in [0.15, 0.2) is 78.9 Å². The summed E-state index contributed by atoms with van der Waals surface area (Å²) < 4.78 is 13.1. The van der Waals surface area contributed by atoms with Crippen molar-refractivity contribution < 1.29 is 19.4 Å². The topological polar surface area (TPSA) is 85.6 Å². The summed E-state index contributed by atoms with van der Waals surface area (Å²) in [5.41, 5.74) is 2.28. The summed E-state index contributed by atoms with van der Waals surface area (Å²) >= 11 is 0. The molecule has 0 aliphatic carbocycles. The Morgan fingerprint density at radius 1 is 0.970 bits per heavy atom. The van der Waals surface area contributed by atoms with E-state index in [4.69, 9.17) is 9.47 Å². The van der Waals surface area contributed by atoms with E-state index in [1.165, 1.54) is 0 Å². The van der Waals surface area contributed by atoms with E-state index in [0.717, 1.165) is 16.8 Å². The fourth-order valence-corrected chi connectivity index (χ4v) is 3.57. The van der Waals surface area contributed by atoms with E-state index in [9.17, 15) is 9.90 Å². The van der Waals surface area contributed by atoms with Crippen LogP contribution in [0.3, 0.4) is 0 Å². The molecule has 1 unspecified atom stereocenters. The summed E-state index contributed by atoms with van der Waals surface area (Å²) in [6.07, 6.45) is -0.766. The van der Waals surface area contributed by atoms with Gasteiger partial charge in [-0.05, 0) is 55.5 Å². The number of nitrogens with one attached hydrogen (secondary N) is 1. The van der Waals surface area contributed by atoms with E-state index in [1.807, 2.05) is 78.2 Å². The normalized spacial score (nSPS) is 11.8. The van der Waals surface area contributed by atoms with Crippen LogP contribution >= 0.6 is 0 Å². The molecule has 170 valence electrons. The lowest BCUT2D eigenvalue weighted by Gasteiger charge is -2.16. The molecule has 0 saturated heterocycles. The van der Waals surface area contributed by atoms with Gasteiger partial charge in [0.15, 0.2) is 0 Å². The van der Waals surface area contributed by atoms with Crippen molar-refractivity contribution >= 4 is 16.9 Å². The molecule has 33 heavy (non-hydrogen) atoms. The van der Waals surface area contributed by atoms with Gasteiger partial charge in [0.05, 0.1) is 30.7 Å². The Morgan fingerprint density at radius 2 is 1.64 bits per heavy atom. The van der Waals surface area contributed by atoms with Gasteiger partial charge >= 0.3 is 0 Å². The van der Waals surface area contributed by atoms with Crippen LogP contribution in [0.4, 0.5) is 0 Å². The Hall–Kier alpha value is -3.84. The van der Waals surface area contributed by atoms with Gasteiger partial charge in [0, 0.05) is 5.56 Å². The monoisotopic (exact) mass is 445 g/mol. The van der Waals surface area contributed by atoms with E-state index < -0.39 is 6.10 Å². The number of carbonyl (C=O) groups is 1. The molecule has 1 amide bonds. The molecule has 0 saturated carbocycles. The molecule has 1 atom stereocenters. The van der Waals surface area contributed by atoms with Crippen LogP contribution in [0.1, 0.15) is 23.1 Å². The molecule has 0 aliphatic rings. The van der Waals surface area contributed by atoms with Crippen molar-refractivity contribution in [1.82, 2.24) is 14.9 Å². The number of aromatic nitrogens is 2. The second-order valence-electron chi connectivity index (χ2n) is 7.55. The molecular weight excluding hydrogens is 418 g/mol. The van der Waals surface area contributed by atoms with Gasteiger partial charge in [0.2, 0.25) is 0 Å². The predicted molar refractivity (Wildman–Crippen MR) is 126 cm³/mol. The van der Waals surface area contributed by atoms with Gasteiger partial charge in [0.1, 0.15) is 30.0 Å². The van der Waals surface area contributed by atoms with Gasteiger partial charge in [-0.1, -0.05) is 30.3 Å². The first kappa shape index (κ1) is 22.4. The minimum atomic E-state index is -0.766. The van der Waals surface area contributed by atoms with Gasteiger partial charge in [-0.15, -0.1) is 0 Å². The molecule has 7 heteroatoms. The number of nitrogens with zero attached hydrogens (tertiary/aromatic N) is 2. The Kier molecular flexibility index (Phi) is 7.22. The third-order valence-corrected chi connectivity index (χ3v) is 5.15. The third kappa shape index (κ3) is 5.70. The van der Waals surface area contributed by atoms with Crippen molar-refractivity contribution in [2.75, 3.05) is 13.2 Å². The van der Waals surface area contributed by atoms with Gasteiger partial charge in [0.25, 0.3) is 5.91 Å². The maximum Gasteiger partial charge on any atom is 0.251 e. The van der Waals surface area contributed by atoms with Crippen molar-refractivity contribution in [3.63, 3.8) is 0 Å². The predicted octanol–water partition coefficient (Wildman–Crippen LogP) is 3.80. The van der Waals surface area contributed by atoms with E-state index in [0.29, 0.717) is 23.7 Å². The molecule has 4 aromatic rings. The quantitative estimate of drug-likeness (QED) is 0.388. The number of hydrogen-bond acceptors (Lipinski definition) is 5. The maximum atomic E-state index is 12.5. The number of amides is 1. The van der Waals surface area contributed by atoms with Crippen LogP contribution in [0.25, 0.3) is 11.0 Å². The molecule has 0 spiro atoms. The smallest absolute Gasteiger partial charge is 0.251 e. The van der Waals surface area contributed by atoms with E-state index in [2.05, 4.69) is 10.3 Å². The number of para-hydroxylation sites is 2. The molecule has 1 aromatic heterocycles. The minimum absolute atomic E-state index is 0.121. The first-order chi connectivity index (χ1) is 16.1. The van der Waals surface area contributed by atoms with Crippen LogP contribution in [-0.4, -0.2) is 39.9 Å². The minimum Gasteiger partial charge on any atom is -0.494 e. The molecule has 3 aromatic carbocycles. The van der Waals surface area contributed by atoms with Crippen LogP contribution in [-0.2, 0) is 13.1 Å². The number of aliphatic hydroxyl groups is 1. The zero-order valence-corrected chi connectivity index (χ0v) is 18.5. The van der Waals surface area contributed by atoms with Crippen LogP contribution in [0.2, 0.25) is 0 Å². The van der Waals surface area contributed by atoms with Crippen LogP contribution in [0, 0.1) is 0 Å². The number of imidazole rings is 1. The molecule has 2 N–H and O–H groups in total. The number of ether oxygens (including phenoxy) is 2. The summed E-state index contributed by atoms with van der Waals surface area (Å²) in [5.74, 6) is 1.93. The summed E-state index contributed by atoms with van der Waals surface area (Å²) in [4.78, 5) is 17.1. The fraction of sp³-hybridized carbons (Fsp3) is 0.231. The highest BCUT2D eigenvalue weighted by atomic mass is 16.5. The largest absolute Gasteiger partial charge is 0.494 e. The Morgan fingerprint density at radius 3 is 2.36 bits per heavy atom. The van der Waals surface area contributed by atoms with Crippen molar-refractivity contribution in [3.8, 4) is 11.5 Å². The lowest BCUT2D eigenvalue weighted by molar-refractivity contribution is 0.0917. The van der Waals surface area contributed by atoms with Gasteiger partial charge in [-0.2, -0.15) is 0 Å². The third-order valence-electron chi connectivity index (χ3n) is 5.15. The second kappa shape index (κ2) is 10.7. The summed E-state index contributed by atoms with van der Waals surface area (Å²) in [6.45, 7) is 3.19. The first-order valence-corrected chi connectivity index (χ1v) is 10.9. The zero-order valence-electron chi connectivity index (χ0n) is 18.5. The molecular formula is C26H27N3O4. The van der Waals surface area contributed by atoms with Gasteiger partial charge in [-0.25, -0.2) is 4.98 Å². The molecule has 4 rings (SSSR count). The van der Waals surface area contributed by atoms with E-state index in [-0.39, 0.29) is 25.6 Å². The SMILES string of the molecule is CCOc1ccc(OCC(O)Cn2c(CNC(=O)c3ccccc3)nc3ccccc32)cc1. The summed E-state index contributed by atoms with van der Waals surface area (Å²) in [7, 11) is 0. The van der Waals surface area contributed by atoms with Crippen molar-refractivity contribution in [2.45, 2.75) is 26.1 Å². The fourth-order valence-electron chi connectivity index (χ4n) is 3.57. The molecule has 0 radical (unpaired) electrons. The number of rotatable bonds is 10. The van der Waals surface area contributed by atoms with Crippen LogP contribution in [0.5, 0.6) is 11.5 Å².